The predicted molar refractivity (Wildman–Crippen MR) is 109 cm³/mol. The molecule has 2 aliphatic heterocycles. The average Bonchev–Trinajstić information content (AvgIpc) is 2.75. The van der Waals surface area contributed by atoms with Crippen LogP contribution in [0.15, 0.2) is 84.9 Å². The van der Waals surface area contributed by atoms with Gasteiger partial charge in [0, 0.05) is 23.6 Å². The van der Waals surface area contributed by atoms with E-state index in [0.717, 1.165) is 11.1 Å². The number of piperidine rings is 1. The van der Waals surface area contributed by atoms with E-state index in [4.69, 9.17) is 4.74 Å². The molecule has 5 nitrogen and oxygen atoms in total. The van der Waals surface area contributed by atoms with Gasteiger partial charge in [-0.25, -0.2) is 0 Å². The maximum atomic E-state index is 13.2. The summed E-state index contributed by atoms with van der Waals surface area (Å²) in [6.07, 6.45) is 0.493. The Hall–Kier alpha value is -3.60. The van der Waals surface area contributed by atoms with Gasteiger partial charge < -0.3 is 15.4 Å². The SMILES string of the molecule is O=C(Nc1ccccc1)[C@@H]1C(=O)N[C@@]2(c3ccccc3)C[C@@H]1c1ccccc1O2. The molecular weight excluding hydrogens is 364 g/mol. The third-order valence-corrected chi connectivity index (χ3v) is 5.68. The lowest BCUT2D eigenvalue weighted by Crippen LogP contribution is -2.62. The van der Waals surface area contributed by atoms with E-state index >= 15 is 0 Å². The fraction of sp³-hybridized carbons (Fsp3) is 0.167. The lowest BCUT2D eigenvalue weighted by atomic mass is 9.72. The molecule has 1 saturated heterocycles. The molecule has 2 aliphatic rings. The number of anilines is 1. The first-order chi connectivity index (χ1) is 14.2. The number of amides is 2. The fourth-order valence-electron chi connectivity index (χ4n) is 4.36. The van der Waals surface area contributed by atoms with Gasteiger partial charge >= 0.3 is 0 Å². The standard InChI is InChI=1S/C24H20N2O3/c27-22(25-17-11-5-2-6-12-17)21-19-15-24(26-23(21)28,16-9-3-1-4-10-16)29-20-14-8-7-13-18(19)20/h1-14,19,21H,15H2,(H,25,27)(H,26,28)/t19-,21-,24+/m1/s1. The van der Waals surface area contributed by atoms with Crippen molar-refractivity contribution in [3.05, 3.63) is 96.1 Å². The molecule has 144 valence electrons. The zero-order valence-electron chi connectivity index (χ0n) is 15.7. The molecule has 3 aromatic carbocycles. The predicted octanol–water partition coefficient (Wildman–Crippen LogP) is 3.79. The monoisotopic (exact) mass is 384 g/mol. The number of ether oxygens (including phenoxy) is 1. The van der Waals surface area contributed by atoms with Crippen molar-refractivity contribution in [1.29, 1.82) is 0 Å². The Labute approximate surface area is 168 Å². The molecule has 2 bridgehead atoms. The van der Waals surface area contributed by atoms with Crippen LogP contribution >= 0.6 is 0 Å². The number of hydrogen-bond donors (Lipinski definition) is 2. The smallest absolute Gasteiger partial charge is 0.237 e. The molecule has 2 heterocycles. The summed E-state index contributed by atoms with van der Waals surface area (Å²) in [5.74, 6) is -1.05. The van der Waals surface area contributed by atoms with Crippen molar-refractivity contribution in [3.8, 4) is 5.75 Å². The molecule has 0 unspecified atom stereocenters. The van der Waals surface area contributed by atoms with Gasteiger partial charge in [0.05, 0.1) is 0 Å². The van der Waals surface area contributed by atoms with Crippen LogP contribution in [0.25, 0.3) is 0 Å². The third-order valence-electron chi connectivity index (χ3n) is 5.68. The van der Waals surface area contributed by atoms with Crippen molar-refractivity contribution in [2.45, 2.75) is 18.1 Å². The Morgan fingerprint density at radius 2 is 1.59 bits per heavy atom. The van der Waals surface area contributed by atoms with E-state index in [9.17, 15) is 9.59 Å². The fourth-order valence-corrected chi connectivity index (χ4v) is 4.36. The molecule has 0 saturated carbocycles. The Balaban J connectivity index is 1.56. The summed E-state index contributed by atoms with van der Waals surface area (Å²) in [7, 11) is 0. The van der Waals surface area contributed by atoms with Crippen LogP contribution in [0.5, 0.6) is 5.75 Å². The van der Waals surface area contributed by atoms with Gasteiger partial charge in [-0.1, -0.05) is 66.7 Å². The highest BCUT2D eigenvalue weighted by Gasteiger charge is 2.54. The maximum Gasteiger partial charge on any atom is 0.237 e. The summed E-state index contributed by atoms with van der Waals surface area (Å²) in [6, 6.07) is 26.5. The van der Waals surface area contributed by atoms with Crippen molar-refractivity contribution in [1.82, 2.24) is 5.32 Å². The Morgan fingerprint density at radius 1 is 0.931 bits per heavy atom. The zero-order chi connectivity index (χ0) is 19.8. The molecule has 3 aromatic rings. The van der Waals surface area contributed by atoms with E-state index in [2.05, 4.69) is 10.6 Å². The number of para-hydroxylation sites is 2. The minimum absolute atomic E-state index is 0.280. The molecule has 29 heavy (non-hydrogen) atoms. The van der Waals surface area contributed by atoms with Gasteiger partial charge in [0.15, 0.2) is 0 Å². The minimum Gasteiger partial charge on any atom is -0.464 e. The number of hydrogen-bond acceptors (Lipinski definition) is 3. The first-order valence-corrected chi connectivity index (χ1v) is 9.68. The molecule has 0 aromatic heterocycles. The second-order valence-electron chi connectivity index (χ2n) is 7.47. The van der Waals surface area contributed by atoms with Gasteiger partial charge in [-0.2, -0.15) is 0 Å². The lowest BCUT2D eigenvalue weighted by Gasteiger charge is -2.48. The summed E-state index contributed by atoms with van der Waals surface area (Å²) in [6.45, 7) is 0. The van der Waals surface area contributed by atoms with E-state index in [0.29, 0.717) is 17.9 Å². The number of benzene rings is 3. The van der Waals surface area contributed by atoms with E-state index in [-0.39, 0.29) is 17.7 Å². The van der Waals surface area contributed by atoms with Gasteiger partial charge in [0.2, 0.25) is 17.5 Å². The second-order valence-corrected chi connectivity index (χ2v) is 7.47. The van der Waals surface area contributed by atoms with E-state index in [1.807, 2.05) is 84.9 Å². The second kappa shape index (κ2) is 6.78. The van der Waals surface area contributed by atoms with E-state index in [1.165, 1.54) is 0 Å². The van der Waals surface area contributed by atoms with Crippen LogP contribution in [0.2, 0.25) is 0 Å². The highest BCUT2D eigenvalue weighted by molar-refractivity contribution is 6.08. The Kier molecular flexibility index (Phi) is 4.09. The van der Waals surface area contributed by atoms with Gasteiger partial charge in [0.1, 0.15) is 11.7 Å². The summed E-state index contributed by atoms with van der Waals surface area (Å²) >= 11 is 0. The summed E-state index contributed by atoms with van der Waals surface area (Å²) in [5, 5.41) is 5.90. The van der Waals surface area contributed by atoms with Crippen LogP contribution in [0.1, 0.15) is 23.5 Å². The molecule has 5 heteroatoms. The molecular formula is C24H20N2O3. The topological polar surface area (TPSA) is 67.4 Å². The number of carbonyl (C=O) groups excluding carboxylic acids is 2. The van der Waals surface area contributed by atoms with Gasteiger partial charge in [0.25, 0.3) is 0 Å². The zero-order valence-corrected chi connectivity index (χ0v) is 15.7. The molecule has 1 fully saturated rings. The van der Waals surface area contributed by atoms with Crippen molar-refractivity contribution < 1.29 is 14.3 Å². The average molecular weight is 384 g/mol. The van der Waals surface area contributed by atoms with Crippen LogP contribution in [0, 0.1) is 5.92 Å². The van der Waals surface area contributed by atoms with Crippen LogP contribution < -0.4 is 15.4 Å². The van der Waals surface area contributed by atoms with Crippen molar-refractivity contribution >= 4 is 17.5 Å². The van der Waals surface area contributed by atoms with Crippen LogP contribution in [-0.4, -0.2) is 11.8 Å². The van der Waals surface area contributed by atoms with Crippen molar-refractivity contribution in [2.75, 3.05) is 5.32 Å². The lowest BCUT2D eigenvalue weighted by molar-refractivity contribution is -0.147. The molecule has 2 N–H and O–H groups in total. The molecule has 3 atom stereocenters. The number of nitrogens with one attached hydrogen (secondary N) is 2. The summed E-state index contributed by atoms with van der Waals surface area (Å²) in [5.41, 5.74) is 1.46. The van der Waals surface area contributed by atoms with Crippen molar-refractivity contribution in [3.63, 3.8) is 0 Å². The number of rotatable bonds is 3. The van der Waals surface area contributed by atoms with Crippen LogP contribution in [-0.2, 0) is 15.3 Å². The Morgan fingerprint density at radius 3 is 2.34 bits per heavy atom. The van der Waals surface area contributed by atoms with Crippen molar-refractivity contribution in [2.24, 2.45) is 5.92 Å². The first-order valence-electron chi connectivity index (χ1n) is 9.68. The first kappa shape index (κ1) is 17.5. The van der Waals surface area contributed by atoms with Gasteiger partial charge in [-0.05, 0) is 23.8 Å². The molecule has 0 radical (unpaired) electrons. The minimum atomic E-state index is -0.971. The molecule has 2 amide bonds. The van der Waals surface area contributed by atoms with Gasteiger partial charge in [-0.3, -0.25) is 9.59 Å². The largest absolute Gasteiger partial charge is 0.464 e. The molecule has 5 rings (SSSR count). The summed E-state index contributed by atoms with van der Waals surface area (Å²) < 4.78 is 6.33. The van der Waals surface area contributed by atoms with Crippen LogP contribution in [0.3, 0.4) is 0 Å². The van der Waals surface area contributed by atoms with E-state index in [1.54, 1.807) is 0 Å². The highest BCUT2D eigenvalue weighted by Crippen LogP contribution is 2.50. The Bertz CT molecular complexity index is 1070. The normalized spacial score (nSPS) is 24.6. The third kappa shape index (κ3) is 2.95. The van der Waals surface area contributed by atoms with Crippen LogP contribution in [0.4, 0.5) is 5.69 Å². The van der Waals surface area contributed by atoms with Gasteiger partial charge in [-0.15, -0.1) is 0 Å². The summed E-state index contributed by atoms with van der Waals surface area (Å²) in [4.78, 5) is 26.3. The molecule has 0 aliphatic carbocycles. The van der Waals surface area contributed by atoms with E-state index < -0.39 is 11.6 Å². The number of carbonyl (C=O) groups is 2. The molecule has 0 spiro atoms. The quantitative estimate of drug-likeness (QED) is 0.675. The maximum absolute atomic E-state index is 13.2. The highest BCUT2D eigenvalue weighted by atomic mass is 16.5. The number of fused-ring (bicyclic) bond motifs is 4.